The predicted molar refractivity (Wildman–Crippen MR) is 124 cm³/mol. The van der Waals surface area contributed by atoms with Crippen LogP contribution in [-0.4, -0.2) is 42.7 Å². The van der Waals surface area contributed by atoms with Crippen LogP contribution in [0.5, 0.6) is 0 Å². The minimum atomic E-state index is -5.16. The molecule has 0 radical (unpaired) electrons. The molecule has 1 heterocycles. The highest BCUT2D eigenvalue weighted by atomic mass is 35.5. The molecule has 1 aliphatic rings. The van der Waals surface area contributed by atoms with Gasteiger partial charge in [-0.2, -0.15) is 26.3 Å². The molecule has 3 rings (SSSR count). The van der Waals surface area contributed by atoms with Gasteiger partial charge in [-0.3, -0.25) is 9.59 Å². The van der Waals surface area contributed by atoms with Gasteiger partial charge in [0.15, 0.2) is 0 Å². The van der Waals surface area contributed by atoms with Crippen LogP contribution < -0.4 is 10.6 Å². The summed E-state index contributed by atoms with van der Waals surface area (Å²) < 4.78 is 110. The number of nitrogens with one attached hydrogen (secondary N) is 2. The van der Waals surface area contributed by atoms with Crippen LogP contribution in [0.3, 0.4) is 0 Å². The summed E-state index contributed by atoms with van der Waals surface area (Å²) in [6.07, 6.45) is -11.3. The number of nitrogens with zero attached hydrogens (tertiary/aromatic N) is 1. The summed E-state index contributed by atoms with van der Waals surface area (Å²) in [5, 5.41) is 6.76. The highest BCUT2D eigenvalue weighted by molar-refractivity contribution is 6.34. The van der Waals surface area contributed by atoms with E-state index in [4.69, 9.17) is 28.0 Å². The largest absolute Gasteiger partial charge is 0.435 e. The molecule has 0 saturated heterocycles. The number of rotatable bonds is 7. The summed E-state index contributed by atoms with van der Waals surface area (Å²) in [6, 6.07) is 5.05. The summed E-state index contributed by atoms with van der Waals surface area (Å²) in [4.78, 5) is 28.8. The maximum atomic E-state index is 14.2. The first-order valence-electron chi connectivity index (χ1n) is 10.7. The first-order valence-corrected chi connectivity index (χ1v) is 11.5. The SMILES string of the molecule is CC(F)(F)CNC(=O)CNC(=O)c1ccc(C2=NOC(c3cc(Cl)cc(Cl)c3)(C(F)(F)F)C2)cc1C(F)(F)F. The average molecular weight is 606 g/mol. The smallest absolute Gasteiger partial charge is 0.374 e. The van der Waals surface area contributed by atoms with Gasteiger partial charge >= 0.3 is 12.4 Å². The summed E-state index contributed by atoms with van der Waals surface area (Å²) in [7, 11) is 0. The van der Waals surface area contributed by atoms with Crippen LogP contribution >= 0.6 is 23.2 Å². The van der Waals surface area contributed by atoms with Crippen molar-refractivity contribution in [3.63, 3.8) is 0 Å². The molecule has 2 amide bonds. The van der Waals surface area contributed by atoms with Gasteiger partial charge in [0.2, 0.25) is 5.91 Å². The Kier molecular flexibility index (Phi) is 8.42. The fourth-order valence-corrected chi connectivity index (χ4v) is 4.10. The predicted octanol–water partition coefficient (Wildman–Crippen LogP) is 6.10. The molecule has 212 valence electrons. The van der Waals surface area contributed by atoms with Gasteiger partial charge in [-0.25, -0.2) is 8.78 Å². The number of hydrogen-bond acceptors (Lipinski definition) is 4. The van der Waals surface area contributed by atoms with E-state index >= 15 is 0 Å². The maximum absolute atomic E-state index is 14.2. The molecule has 0 aliphatic carbocycles. The van der Waals surface area contributed by atoms with Gasteiger partial charge in [0.25, 0.3) is 17.4 Å². The van der Waals surface area contributed by atoms with E-state index in [1.807, 2.05) is 5.32 Å². The normalized spacial score (nSPS) is 17.9. The Balaban J connectivity index is 1.88. The Morgan fingerprint density at radius 2 is 1.59 bits per heavy atom. The molecule has 2 aromatic rings. The first kappa shape index (κ1) is 30.4. The van der Waals surface area contributed by atoms with E-state index in [9.17, 15) is 44.7 Å². The Labute approximate surface area is 225 Å². The lowest BCUT2D eigenvalue weighted by molar-refractivity contribution is -0.275. The van der Waals surface area contributed by atoms with E-state index in [1.165, 1.54) is 6.07 Å². The number of hydrogen-bond donors (Lipinski definition) is 2. The van der Waals surface area contributed by atoms with Crippen molar-refractivity contribution in [2.45, 2.75) is 37.2 Å². The second-order valence-electron chi connectivity index (χ2n) is 8.58. The van der Waals surface area contributed by atoms with Crippen molar-refractivity contribution in [2.24, 2.45) is 5.16 Å². The quantitative estimate of drug-likeness (QED) is 0.375. The molecular weight excluding hydrogens is 589 g/mol. The van der Waals surface area contributed by atoms with Crippen LogP contribution in [0.1, 0.15) is 40.4 Å². The topological polar surface area (TPSA) is 79.8 Å². The molecule has 1 aliphatic heterocycles. The van der Waals surface area contributed by atoms with E-state index in [0.717, 1.165) is 18.2 Å². The minimum Gasteiger partial charge on any atom is -0.374 e. The summed E-state index contributed by atoms with van der Waals surface area (Å²) in [5.74, 6) is -5.72. The lowest BCUT2D eigenvalue weighted by Gasteiger charge is -2.29. The number of alkyl halides is 8. The van der Waals surface area contributed by atoms with Crippen molar-refractivity contribution in [3.05, 3.63) is 68.7 Å². The lowest BCUT2D eigenvalue weighted by Crippen LogP contribution is -2.42. The van der Waals surface area contributed by atoms with Gasteiger partial charge in [0.05, 0.1) is 29.9 Å². The molecule has 1 unspecified atom stereocenters. The summed E-state index contributed by atoms with van der Waals surface area (Å²) in [6.45, 7) is -1.45. The Hall–Kier alpha value is -3.13. The van der Waals surface area contributed by atoms with Crippen molar-refractivity contribution in [1.82, 2.24) is 10.6 Å². The zero-order valence-electron chi connectivity index (χ0n) is 19.5. The Morgan fingerprint density at radius 1 is 0.974 bits per heavy atom. The molecule has 16 heteroatoms. The van der Waals surface area contributed by atoms with Crippen molar-refractivity contribution < 1.29 is 49.5 Å². The van der Waals surface area contributed by atoms with Gasteiger partial charge in [-0.1, -0.05) is 34.4 Å². The number of benzene rings is 2. The van der Waals surface area contributed by atoms with E-state index in [0.29, 0.717) is 19.1 Å². The Bertz CT molecular complexity index is 1290. The zero-order valence-corrected chi connectivity index (χ0v) is 21.0. The number of halogens is 10. The molecule has 0 saturated carbocycles. The van der Waals surface area contributed by atoms with Crippen LogP contribution in [-0.2, 0) is 21.4 Å². The van der Waals surface area contributed by atoms with E-state index in [1.54, 1.807) is 5.32 Å². The fraction of sp³-hybridized carbons (Fsp3) is 0.348. The molecule has 6 nitrogen and oxygen atoms in total. The molecule has 1 atom stereocenters. The fourth-order valence-electron chi connectivity index (χ4n) is 3.57. The summed E-state index contributed by atoms with van der Waals surface area (Å²) >= 11 is 11.7. The second kappa shape index (κ2) is 10.8. The first-order chi connectivity index (χ1) is 17.8. The van der Waals surface area contributed by atoms with Crippen molar-refractivity contribution in [3.8, 4) is 0 Å². The van der Waals surface area contributed by atoms with Crippen LogP contribution in [0, 0.1) is 0 Å². The van der Waals surface area contributed by atoms with E-state index < -0.39 is 83.2 Å². The van der Waals surface area contributed by atoms with Crippen molar-refractivity contribution in [2.75, 3.05) is 13.1 Å². The molecular formula is C23H17Cl2F8N3O3. The molecule has 2 N–H and O–H groups in total. The van der Waals surface area contributed by atoms with Crippen LogP contribution in [0.25, 0.3) is 0 Å². The lowest BCUT2D eigenvalue weighted by atomic mass is 9.86. The third-order valence-corrected chi connectivity index (χ3v) is 5.86. The molecule has 0 spiro atoms. The molecule has 0 fully saturated rings. The molecule has 39 heavy (non-hydrogen) atoms. The van der Waals surface area contributed by atoms with Crippen molar-refractivity contribution >= 4 is 40.7 Å². The number of oxime groups is 1. The van der Waals surface area contributed by atoms with Gasteiger partial charge in [-0.15, -0.1) is 0 Å². The number of carbonyl (C=O) groups excluding carboxylic acids is 2. The third-order valence-electron chi connectivity index (χ3n) is 5.42. The molecule has 2 aromatic carbocycles. The van der Waals surface area contributed by atoms with Crippen molar-refractivity contribution in [1.29, 1.82) is 0 Å². The highest BCUT2D eigenvalue weighted by Gasteiger charge is 2.62. The minimum absolute atomic E-state index is 0.148. The average Bonchev–Trinajstić information content (AvgIpc) is 3.26. The number of carbonyl (C=O) groups is 2. The second-order valence-corrected chi connectivity index (χ2v) is 9.45. The highest BCUT2D eigenvalue weighted by Crippen LogP contribution is 2.50. The summed E-state index contributed by atoms with van der Waals surface area (Å²) in [5.41, 5.74) is -7.09. The van der Waals surface area contributed by atoms with Crippen LogP contribution in [0.15, 0.2) is 41.6 Å². The molecule has 0 aromatic heterocycles. The third kappa shape index (κ3) is 7.10. The maximum Gasteiger partial charge on any atom is 0.435 e. The number of amides is 2. The van der Waals surface area contributed by atoms with Crippen LogP contribution in [0.2, 0.25) is 10.0 Å². The van der Waals surface area contributed by atoms with E-state index in [2.05, 4.69) is 5.16 Å². The molecule has 0 bridgehead atoms. The van der Waals surface area contributed by atoms with E-state index in [-0.39, 0.29) is 10.0 Å². The van der Waals surface area contributed by atoms with Crippen LogP contribution in [0.4, 0.5) is 35.1 Å². The van der Waals surface area contributed by atoms with Gasteiger partial charge in [-0.05, 0) is 30.3 Å². The standard InChI is InChI=1S/C23H17Cl2F8N3O3/c1-20(26,27)10-35-18(37)9-34-19(38)15-3-2-11(4-16(15)22(28,29)30)17-8-21(39-36-17,23(31,32)33)12-5-13(24)7-14(25)6-12/h2-7H,8-10H2,1H3,(H,34,38)(H,35,37). The van der Waals surface area contributed by atoms with Gasteiger partial charge < -0.3 is 15.5 Å². The zero-order chi connectivity index (χ0) is 29.4. The van der Waals surface area contributed by atoms with Gasteiger partial charge in [0, 0.05) is 34.5 Å². The monoisotopic (exact) mass is 605 g/mol. The Morgan fingerprint density at radius 3 is 2.13 bits per heavy atom. The van der Waals surface area contributed by atoms with Gasteiger partial charge in [0.1, 0.15) is 0 Å².